The predicted octanol–water partition coefficient (Wildman–Crippen LogP) is 4.69. The quantitative estimate of drug-likeness (QED) is 0.333. The Hall–Kier alpha value is -2.27. The fraction of sp³-hybridized carbons (Fsp3) is 0.368. The minimum atomic E-state index is -0.481. The van der Waals surface area contributed by atoms with Gasteiger partial charge in [-0.05, 0) is 31.3 Å². The number of hydrogen-bond acceptors (Lipinski definition) is 8. The van der Waals surface area contributed by atoms with Crippen molar-refractivity contribution in [3.8, 4) is 5.75 Å². The van der Waals surface area contributed by atoms with Crippen LogP contribution in [0.25, 0.3) is 10.2 Å². The highest BCUT2D eigenvalue weighted by Crippen LogP contribution is 2.33. The molecule has 30 heavy (non-hydrogen) atoms. The number of halogens is 1. The normalized spacial score (nSPS) is 10.8. The van der Waals surface area contributed by atoms with E-state index < -0.39 is 4.92 Å². The zero-order chi connectivity index (χ0) is 21.0. The zero-order valence-electron chi connectivity index (χ0n) is 16.9. The van der Waals surface area contributed by atoms with Gasteiger partial charge in [0.15, 0.2) is 5.13 Å². The van der Waals surface area contributed by atoms with Gasteiger partial charge in [0.25, 0.3) is 5.91 Å². The molecule has 0 fully saturated rings. The van der Waals surface area contributed by atoms with Gasteiger partial charge in [0, 0.05) is 25.2 Å². The molecule has 1 amide bonds. The van der Waals surface area contributed by atoms with E-state index >= 15 is 0 Å². The van der Waals surface area contributed by atoms with Gasteiger partial charge < -0.3 is 9.64 Å². The Balaban J connectivity index is 0.00000320. The average Bonchev–Trinajstić information content (AvgIpc) is 3.37. The SMILES string of the molecule is CCN(CC)CCN(C(=O)c1ccc([N+](=O)[O-])s1)c1nc2cc(OC)ccc2s1.Cl. The van der Waals surface area contributed by atoms with E-state index in [1.165, 1.54) is 23.5 Å². The smallest absolute Gasteiger partial charge is 0.324 e. The molecule has 0 saturated heterocycles. The van der Waals surface area contributed by atoms with E-state index in [0.717, 1.165) is 34.6 Å². The topological polar surface area (TPSA) is 88.8 Å². The van der Waals surface area contributed by atoms with Crippen LogP contribution in [0.4, 0.5) is 10.1 Å². The van der Waals surface area contributed by atoms with Crippen LogP contribution >= 0.6 is 35.1 Å². The number of nitro groups is 1. The van der Waals surface area contributed by atoms with Crippen LogP contribution in [0.5, 0.6) is 5.75 Å². The second kappa shape index (κ2) is 10.7. The lowest BCUT2D eigenvalue weighted by atomic mass is 10.3. The number of fused-ring (bicyclic) bond motifs is 1. The first-order valence-corrected chi connectivity index (χ1v) is 10.8. The van der Waals surface area contributed by atoms with Crippen LogP contribution in [-0.4, -0.2) is 54.0 Å². The van der Waals surface area contributed by atoms with Crippen LogP contribution in [0.2, 0.25) is 0 Å². The molecule has 0 radical (unpaired) electrons. The van der Waals surface area contributed by atoms with Crippen molar-refractivity contribution in [3.05, 3.63) is 45.3 Å². The number of likely N-dealkylation sites (N-methyl/N-ethyl adjacent to an activating group) is 1. The van der Waals surface area contributed by atoms with Crippen molar-refractivity contribution in [3.63, 3.8) is 0 Å². The fourth-order valence-electron chi connectivity index (χ4n) is 2.88. The van der Waals surface area contributed by atoms with Crippen molar-refractivity contribution in [2.24, 2.45) is 0 Å². The first-order chi connectivity index (χ1) is 14.0. The summed E-state index contributed by atoms with van der Waals surface area (Å²) in [5, 5.41) is 11.5. The molecule has 0 bridgehead atoms. The number of carbonyl (C=O) groups excluding carboxylic acids is 1. The van der Waals surface area contributed by atoms with Gasteiger partial charge in [-0.1, -0.05) is 36.5 Å². The first kappa shape index (κ1) is 24.0. The van der Waals surface area contributed by atoms with Crippen LogP contribution in [-0.2, 0) is 0 Å². The number of rotatable bonds is 9. The number of anilines is 1. The molecule has 0 saturated carbocycles. The zero-order valence-corrected chi connectivity index (χ0v) is 19.3. The number of aromatic nitrogens is 1. The third kappa shape index (κ3) is 5.25. The van der Waals surface area contributed by atoms with E-state index in [0.29, 0.717) is 28.8 Å². The molecule has 0 aliphatic carbocycles. The molecule has 0 aliphatic heterocycles. The Bertz CT molecular complexity index is 1020. The van der Waals surface area contributed by atoms with Crippen LogP contribution in [0.15, 0.2) is 30.3 Å². The van der Waals surface area contributed by atoms with Gasteiger partial charge in [0.1, 0.15) is 5.75 Å². The summed E-state index contributed by atoms with van der Waals surface area (Å²) < 4.78 is 6.20. The number of thiophene rings is 1. The van der Waals surface area contributed by atoms with E-state index in [1.807, 2.05) is 18.2 Å². The maximum atomic E-state index is 13.2. The molecule has 0 N–H and O–H groups in total. The summed E-state index contributed by atoms with van der Waals surface area (Å²) in [4.78, 5) is 32.5. The maximum absolute atomic E-state index is 13.2. The molecular weight excluding hydrogens is 448 g/mol. The number of methoxy groups -OCH3 is 1. The van der Waals surface area contributed by atoms with Gasteiger partial charge in [0.05, 0.1) is 27.1 Å². The van der Waals surface area contributed by atoms with Gasteiger partial charge >= 0.3 is 5.00 Å². The summed E-state index contributed by atoms with van der Waals surface area (Å²) in [6.07, 6.45) is 0. The Morgan fingerprint density at radius 3 is 2.50 bits per heavy atom. The minimum absolute atomic E-state index is 0. The van der Waals surface area contributed by atoms with E-state index in [1.54, 1.807) is 12.0 Å². The molecule has 2 aromatic heterocycles. The molecule has 0 atom stereocenters. The number of carbonyl (C=O) groups is 1. The summed E-state index contributed by atoms with van der Waals surface area (Å²) in [7, 11) is 1.60. The third-order valence-electron chi connectivity index (χ3n) is 4.58. The standard InChI is InChI=1S/C19H22N4O4S2.ClH/c1-4-21(5-2)10-11-22(18(24)16-8-9-17(28-16)23(25)26)19-20-14-12-13(27-3)6-7-15(14)29-19;/h6-9,12H,4-5,10-11H2,1-3H3;1H. The third-order valence-corrected chi connectivity index (χ3v) is 6.66. The molecule has 3 rings (SSSR count). The molecule has 0 aliphatic rings. The monoisotopic (exact) mass is 470 g/mol. The van der Waals surface area contributed by atoms with Gasteiger partial charge in [0.2, 0.25) is 0 Å². The van der Waals surface area contributed by atoms with Gasteiger partial charge in [-0.25, -0.2) is 4.98 Å². The minimum Gasteiger partial charge on any atom is -0.497 e. The Morgan fingerprint density at radius 1 is 1.17 bits per heavy atom. The Labute approximate surface area is 188 Å². The molecule has 2 heterocycles. The highest BCUT2D eigenvalue weighted by Gasteiger charge is 2.25. The fourth-order valence-corrected chi connectivity index (χ4v) is 4.62. The van der Waals surface area contributed by atoms with E-state index in [-0.39, 0.29) is 23.3 Å². The lowest BCUT2D eigenvalue weighted by Crippen LogP contribution is -2.38. The van der Waals surface area contributed by atoms with Gasteiger partial charge in [-0.15, -0.1) is 12.4 Å². The Kier molecular flexibility index (Phi) is 8.54. The molecule has 0 spiro atoms. The van der Waals surface area contributed by atoms with Crippen molar-refractivity contribution in [1.29, 1.82) is 0 Å². The molecule has 1 aromatic carbocycles. The van der Waals surface area contributed by atoms with Crippen LogP contribution in [0.3, 0.4) is 0 Å². The number of ether oxygens (including phenoxy) is 1. The predicted molar refractivity (Wildman–Crippen MR) is 124 cm³/mol. The number of benzene rings is 1. The van der Waals surface area contributed by atoms with Gasteiger partial charge in [-0.3, -0.25) is 19.8 Å². The highest BCUT2D eigenvalue weighted by molar-refractivity contribution is 7.22. The lowest BCUT2D eigenvalue weighted by molar-refractivity contribution is -0.380. The van der Waals surface area contributed by atoms with Crippen LogP contribution in [0.1, 0.15) is 23.5 Å². The number of amides is 1. The summed E-state index contributed by atoms with van der Waals surface area (Å²) in [6, 6.07) is 8.47. The Morgan fingerprint density at radius 2 is 1.90 bits per heavy atom. The molecule has 162 valence electrons. The van der Waals surface area contributed by atoms with Crippen molar-refractivity contribution in [2.45, 2.75) is 13.8 Å². The number of nitrogens with zero attached hydrogens (tertiary/aromatic N) is 4. The van der Waals surface area contributed by atoms with E-state index in [9.17, 15) is 14.9 Å². The molecule has 8 nitrogen and oxygen atoms in total. The van der Waals surface area contributed by atoms with E-state index in [4.69, 9.17) is 4.74 Å². The molecule has 11 heteroatoms. The summed E-state index contributed by atoms with van der Waals surface area (Å²) in [5.74, 6) is 0.422. The summed E-state index contributed by atoms with van der Waals surface area (Å²) in [6.45, 7) is 7.03. The lowest BCUT2D eigenvalue weighted by Gasteiger charge is -2.24. The highest BCUT2D eigenvalue weighted by atomic mass is 35.5. The van der Waals surface area contributed by atoms with Crippen LogP contribution in [0, 0.1) is 10.1 Å². The molecule has 3 aromatic rings. The summed E-state index contributed by atoms with van der Waals surface area (Å²) >= 11 is 2.30. The summed E-state index contributed by atoms with van der Waals surface area (Å²) in [5.41, 5.74) is 0.752. The molecular formula is C19H23ClN4O4S2. The van der Waals surface area contributed by atoms with Crippen molar-refractivity contribution in [2.75, 3.05) is 38.2 Å². The van der Waals surface area contributed by atoms with Crippen LogP contribution < -0.4 is 9.64 Å². The largest absolute Gasteiger partial charge is 0.497 e. The first-order valence-electron chi connectivity index (χ1n) is 9.19. The van der Waals surface area contributed by atoms with Crippen molar-refractivity contribution < 1.29 is 14.5 Å². The maximum Gasteiger partial charge on any atom is 0.324 e. The van der Waals surface area contributed by atoms with Gasteiger partial charge in [-0.2, -0.15) is 0 Å². The second-order valence-corrected chi connectivity index (χ2v) is 8.28. The number of hydrogen-bond donors (Lipinski definition) is 0. The molecule has 0 unspecified atom stereocenters. The van der Waals surface area contributed by atoms with Crippen molar-refractivity contribution in [1.82, 2.24) is 9.88 Å². The van der Waals surface area contributed by atoms with E-state index in [2.05, 4.69) is 23.7 Å². The van der Waals surface area contributed by atoms with Crippen molar-refractivity contribution >= 4 is 61.3 Å². The number of thiazole rings is 1. The second-order valence-electron chi connectivity index (χ2n) is 6.21. The average molecular weight is 471 g/mol.